The van der Waals surface area contributed by atoms with Crippen LogP contribution >= 0.6 is 0 Å². The standard InChI is InChI=1S/C18H28O/c1-11-8-15-16(13(3)14(11)10-19)18(6,7)12(2)9-17(15,4)5/h8,12,19H,9-10H2,1-7H3. The third-order valence-corrected chi connectivity index (χ3v) is 5.51. The minimum atomic E-state index is 0.149. The molecule has 0 heterocycles. The third kappa shape index (κ3) is 2.03. The summed E-state index contributed by atoms with van der Waals surface area (Å²) in [7, 11) is 0. The number of fused-ring (bicyclic) bond motifs is 1. The molecule has 0 fully saturated rings. The second-order valence-corrected chi connectivity index (χ2v) is 7.59. The smallest absolute Gasteiger partial charge is 0.0687 e. The van der Waals surface area contributed by atoms with Gasteiger partial charge in [0.2, 0.25) is 0 Å². The summed E-state index contributed by atoms with van der Waals surface area (Å²) >= 11 is 0. The Kier molecular flexibility index (Phi) is 3.33. The van der Waals surface area contributed by atoms with Crippen molar-refractivity contribution in [1.29, 1.82) is 0 Å². The van der Waals surface area contributed by atoms with Crippen LogP contribution in [-0.4, -0.2) is 5.11 Å². The SMILES string of the molecule is Cc1cc2c(c(C)c1CO)C(C)(C)C(C)CC2(C)C. The summed E-state index contributed by atoms with van der Waals surface area (Å²) in [6.45, 7) is 16.3. The van der Waals surface area contributed by atoms with Crippen LogP contribution in [0, 0.1) is 19.8 Å². The van der Waals surface area contributed by atoms with E-state index < -0.39 is 0 Å². The van der Waals surface area contributed by atoms with E-state index in [4.69, 9.17) is 0 Å². The van der Waals surface area contributed by atoms with E-state index in [-0.39, 0.29) is 17.4 Å². The first kappa shape index (κ1) is 14.6. The van der Waals surface area contributed by atoms with Crippen molar-refractivity contribution < 1.29 is 5.11 Å². The lowest BCUT2D eigenvalue weighted by molar-refractivity contribution is 0.230. The van der Waals surface area contributed by atoms with Gasteiger partial charge in [-0.2, -0.15) is 0 Å². The van der Waals surface area contributed by atoms with E-state index in [0.717, 1.165) is 5.56 Å². The molecule has 1 N–H and O–H groups in total. The van der Waals surface area contributed by atoms with Crippen LogP contribution in [0.15, 0.2) is 6.07 Å². The number of benzene rings is 1. The van der Waals surface area contributed by atoms with Gasteiger partial charge in [0.05, 0.1) is 6.61 Å². The Hall–Kier alpha value is -0.820. The highest BCUT2D eigenvalue weighted by Crippen LogP contribution is 2.51. The van der Waals surface area contributed by atoms with E-state index in [1.165, 1.54) is 28.7 Å². The highest BCUT2D eigenvalue weighted by molar-refractivity contribution is 5.52. The zero-order valence-electron chi connectivity index (χ0n) is 13.5. The second-order valence-electron chi connectivity index (χ2n) is 7.59. The zero-order valence-corrected chi connectivity index (χ0v) is 13.5. The van der Waals surface area contributed by atoms with E-state index in [2.05, 4.69) is 54.5 Å². The molecule has 0 aliphatic heterocycles. The number of aliphatic hydroxyl groups is 1. The molecular weight excluding hydrogens is 232 g/mol. The summed E-state index contributed by atoms with van der Waals surface area (Å²) in [6.07, 6.45) is 1.23. The fourth-order valence-electron chi connectivity index (χ4n) is 4.01. The molecule has 1 unspecified atom stereocenters. The summed E-state index contributed by atoms with van der Waals surface area (Å²) in [5.41, 5.74) is 7.05. The van der Waals surface area contributed by atoms with Crippen LogP contribution in [0.1, 0.15) is 68.9 Å². The topological polar surface area (TPSA) is 20.2 Å². The maximum Gasteiger partial charge on any atom is 0.0687 e. The normalized spacial score (nSPS) is 24.1. The van der Waals surface area contributed by atoms with Gasteiger partial charge in [-0.25, -0.2) is 0 Å². The first-order valence-corrected chi connectivity index (χ1v) is 7.37. The van der Waals surface area contributed by atoms with Crippen molar-refractivity contribution in [3.05, 3.63) is 33.9 Å². The molecule has 1 aliphatic rings. The minimum absolute atomic E-state index is 0.149. The molecule has 1 heteroatoms. The van der Waals surface area contributed by atoms with Gasteiger partial charge in [-0.15, -0.1) is 0 Å². The lowest BCUT2D eigenvalue weighted by Gasteiger charge is -2.48. The van der Waals surface area contributed by atoms with Crippen LogP contribution in [0.3, 0.4) is 0 Å². The van der Waals surface area contributed by atoms with Gasteiger partial charge in [0.1, 0.15) is 0 Å². The second kappa shape index (κ2) is 4.34. The van der Waals surface area contributed by atoms with Gasteiger partial charge in [0, 0.05) is 0 Å². The third-order valence-electron chi connectivity index (χ3n) is 5.51. The van der Waals surface area contributed by atoms with E-state index in [0.29, 0.717) is 5.92 Å². The molecule has 0 spiro atoms. The number of hydrogen-bond donors (Lipinski definition) is 1. The van der Waals surface area contributed by atoms with Gasteiger partial charge in [-0.05, 0) is 64.8 Å². The monoisotopic (exact) mass is 260 g/mol. The van der Waals surface area contributed by atoms with Gasteiger partial charge in [0.15, 0.2) is 0 Å². The summed E-state index contributed by atoms with van der Waals surface area (Å²) in [6, 6.07) is 2.32. The van der Waals surface area contributed by atoms with Crippen molar-refractivity contribution in [2.24, 2.45) is 5.92 Å². The Morgan fingerprint density at radius 1 is 1.21 bits per heavy atom. The number of rotatable bonds is 1. The number of hydrogen-bond acceptors (Lipinski definition) is 1. The van der Waals surface area contributed by atoms with E-state index in [1.807, 2.05) is 0 Å². The zero-order chi connectivity index (χ0) is 14.6. The lowest BCUT2D eigenvalue weighted by atomic mass is 9.57. The van der Waals surface area contributed by atoms with E-state index in [9.17, 15) is 5.11 Å². The van der Waals surface area contributed by atoms with E-state index in [1.54, 1.807) is 0 Å². The predicted molar refractivity (Wildman–Crippen MR) is 81.7 cm³/mol. The first-order chi connectivity index (χ1) is 8.63. The fraction of sp³-hybridized carbons (Fsp3) is 0.667. The van der Waals surface area contributed by atoms with Gasteiger partial charge >= 0.3 is 0 Å². The van der Waals surface area contributed by atoms with Gasteiger partial charge in [0.25, 0.3) is 0 Å². The van der Waals surface area contributed by atoms with E-state index >= 15 is 0 Å². The summed E-state index contributed by atoms with van der Waals surface area (Å²) in [5, 5.41) is 9.67. The van der Waals surface area contributed by atoms with Gasteiger partial charge in [-0.3, -0.25) is 0 Å². The van der Waals surface area contributed by atoms with Crippen molar-refractivity contribution in [2.75, 3.05) is 0 Å². The van der Waals surface area contributed by atoms with Crippen molar-refractivity contribution >= 4 is 0 Å². The average Bonchev–Trinajstić information content (AvgIpc) is 2.26. The average molecular weight is 260 g/mol. The maximum absolute atomic E-state index is 9.67. The predicted octanol–water partition coefficient (Wildman–Crippen LogP) is 4.39. The van der Waals surface area contributed by atoms with Crippen molar-refractivity contribution in [1.82, 2.24) is 0 Å². The quantitative estimate of drug-likeness (QED) is 0.794. The van der Waals surface area contributed by atoms with Gasteiger partial charge in [-0.1, -0.05) is 40.7 Å². The molecule has 1 atom stereocenters. The van der Waals surface area contributed by atoms with Crippen molar-refractivity contribution in [3.8, 4) is 0 Å². The molecule has 2 rings (SSSR count). The highest BCUT2D eigenvalue weighted by Gasteiger charge is 2.43. The highest BCUT2D eigenvalue weighted by atomic mass is 16.3. The van der Waals surface area contributed by atoms with Crippen molar-refractivity contribution in [3.63, 3.8) is 0 Å². The van der Waals surface area contributed by atoms with Crippen LogP contribution in [0.5, 0.6) is 0 Å². The molecule has 0 bridgehead atoms. The summed E-state index contributed by atoms with van der Waals surface area (Å²) < 4.78 is 0. The Balaban J connectivity index is 2.83. The van der Waals surface area contributed by atoms with Crippen LogP contribution in [0.4, 0.5) is 0 Å². The molecule has 106 valence electrons. The Labute approximate surface area is 118 Å². The van der Waals surface area contributed by atoms with Gasteiger partial charge < -0.3 is 5.11 Å². The molecular formula is C18H28O. The molecule has 0 saturated heterocycles. The van der Waals surface area contributed by atoms with Crippen LogP contribution in [-0.2, 0) is 17.4 Å². The Morgan fingerprint density at radius 2 is 1.79 bits per heavy atom. The first-order valence-electron chi connectivity index (χ1n) is 7.37. The van der Waals surface area contributed by atoms with Crippen LogP contribution in [0.2, 0.25) is 0 Å². The molecule has 1 aromatic carbocycles. The Morgan fingerprint density at radius 3 is 2.32 bits per heavy atom. The molecule has 0 aromatic heterocycles. The Bertz CT molecular complexity index is 509. The molecule has 1 aliphatic carbocycles. The van der Waals surface area contributed by atoms with Crippen LogP contribution in [0.25, 0.3) is 0 Å². The summed E-state index contributed by atoms with van der Waals surface area (Å²) in [5.74, 6) is 0.656. The minimum Gasteiger partial charge on any atom is -0.392 e. The molecule has 0 radical (unpaired) electrons. The summed E-state index contributed by atoms with van der Waals surface area (Å²) in [4.78, 5) is 0. The number of aliphatic hydroxyl groups excluding tert-OH is 1. The molecule has 1 nitrogen and oxygen atoms in total. The fourth-order valence-corrected chi connectivity index (χ4v) is 4.01. The lowest BCUT2D eigenvalue weighted by Crippen LogP contribution is -2.41. The molecule has 0 amide bonds. The number of aryl methyl sites for hydroxylation is 1. The maximum atomic E-state index is 9.67. The molecule has 0 saturated carbocycles. The van der Waals surface area contributed by atoms with Crippen LogP contribution < -0.4 is 0 Å². The van der Waals surface area contributed by atoms with Crippen molar-refractivity contribution in [2.45, 2.75) is 72.3 Å². The largest absolute Gasteiger partial charge is 0.392 e. The molecule has 19 heavy (non-hydrogen) atoms. The molecule has 1 aromatic rings.